The van der Waals surface area contributed by atoms with Crippen molar-refractivity contribution in [2.75, 3.05) is 25.0 Å². The molecule has 7 heteroatoms. The van der Waals surface area contributed by atoms with E-state index in [-0.39, 0.29) is 11.7 Å². The highest BCUT2D eigenvalue weighted by Gasteiger charge is 2.34. The van der Waals surface area contributed by atoms with Gasteiger partial charge in [-0.05, 0) is 31.0 Å². The first-order valence-electron chi connectivity index (χ1n) is 6.62. The van der Waals surface area contributed by atoms with Crippen LogP contribution in [-0.4, -0.2) is 30.6 Å². The minimum Gasteiger partial charge on any atom is -0.382 e. The summed E-state index contributed by atoms with van der Waals surface area (Å²) in [7, 11) is 0. The molecule has 0 aliphatic carbocycles. The lowest BCUT2D eigenvalue weighted by Gasteiger charge is -2.32. The molecule has 1 fully saturated rings. The summed E-state index contributed by atoms with van der Waals surface area (Å²) in [6, 6.07) is 6.23. The number of alkyl halides is 3. The van der Waals surface area contributed by atoms with Crippen LogP contribution in [0.25, 0.3) is 0 Å². The molecule has 0 spiro atoms. The van der Waals surface area contributed by atoms with Crippen molar-refractivity contribution in [3.8, 4) is 6.07 Å². The Hall–Kier alpha value is -1.26. The third-order valence-electron chi connectivity index (χ3n) is 3.53. The van der Waals surface area contributed by atoms with Crippen molar-refractivity contribution < 1.29 is 13.2 Å². The van der Waals surface area contributed by atoms with Crippen LogP contribution in [0.3, 0.4) is 0 Å². The SMILES string of the molecule is N#CCN1CCC(Nc2ccc(Br)cc2C(F)(F)F)CC1. The van der Waals surface area contributed by atoms with Crippen molar-refractivity contribution in [2.24, 2.45) is 0 Å². The third-order valence-corrected chi connectivity index (χ3v) is 4.02. The van der Waals surface area contributed by atoms with Crippen molar-refractivity contribution in [1.29, 1.82) is 5.26 Å². The molecule has 114 valence electrons. The normalized spacial score (nSPS) is 17.5. The van der Waals surface area contributed by atoms with E-state index in [1.807, 2.05) is 4.90 Å². The summed E-state index contributed by atoms with van der Waals surface area (Å²) in [4.78, 5) is 2.00. The van der Waals surface area contributed by atoms with E-state index in [0.29, 0.717) is 11.0 Å². The van der Waals surface area contributed by atoms with Crippen LogP contribution in [0.15, 0.2) is 22.7 Å². The van der Waals surface area contributed by atoms with Crippen LogP contribution >= 0.6 is 15.9 Å². The van der Waals surface area contributed by atoms with Crippen molar-refractivity contribution in [1.82, 2.24) is 4.90 Å². The quantitative estimate of drug-likeness (QED) is 0.830. The van der Waals surface area contributed by atoms with Gasteiger partial charge < -0.3 is 5.32 Å². The number of hydrogen-bond donors (Lipinski definition) is 1. The second-order valence-electron chi connectivity index (χ2n) is 5.04. The fraction of sp³-hybridized carbons (Fsp3) is 0.500. The largest absolute Gasteiger partial charge is 0.418 e. The number of hydrogen-bond acceptors (Lipinski definition) is 3. The van der Waals surface area contributed by atoms with Crippen molar-refractivity contribution in [2.45, 2.75) is 25.1 Å². The van der Waals surface area contributed by atoms with Gasteiger partial charge in [-0.1, -0.05) is 15.9 Å². The summed E-state index contributed by atoms with van der Waals surface area (Å²) in [6.45, 7) is 1.82. The second-order valence-corrected chi connectivity index (χ2v) is 5.96. The van der Waals surface area contributed by atoms with E-state index in [4.69, 9.17) is 5.26 Å². The molecule has 0 radical (unpaired) electrons. The Morgan fingerprint density at radius 1 is 1.33 bits per heavy atom. The lowest BCUT2D eigenvalue weighted by atomic mass is 10.0. The van der Waals surface area contributed by atoms with E-state index < -0.39 is 11.7 Å². The first-order chi connectivity index (χ1) is 9.90. The predicted octanol–water partition coefficient (Wildman–Crippen LogP) is 3.87. The maximum Gasteiger partial charge on any atom is 0.418 e. The van der Waals surface area contributed by atoms with Crippen LogP contribution in [0, 0.1) is 11.3 Å². The van der Waals surface area contributed by atoms with Crippen LogP contribution in [0.1, 0.15) is 18.4 Å². The van der Waals surface area contributed by atoms with Crippen LogP contribution in [0.4, 0.5) is 18.9 Å². The van der Waals surface area contributed by atoms with E-state index in [2.05, 4.69) is 27.3 Å². The van der Waals surface area contributed by atoms with Gasteiger partial charge >= 0.3 is 6.18 Å². The summed E-state index contributed by atoms with van der Waals surface area (Å²) >= 11 is 3.07. The molecule has 0 amide bonds. The summed E-state index contributed by atoms with van der Waals surface area (Å²) in [5.41, 5.74) is -0.541. The van der Waals surface area contributed by atoms with E-state index in [9.17, 15) is 13.2 Å². The molecule has 1 aliphatic rings. The molecule has 1 N–H and O–H groups in total. The lowest BCUT2D eigenvalue weighted by Crippen LogP contribution is -2.39. The predicted molar refractivity (Wildman–Crippen MR) is 77.8 cm³/mol. The van der Waals surface area contributed by atoms with Gasteiger partial charge in [0.05, 0.1) is 18.2 Å². The Labute approximate surface area is 129 Å². The number of rotatable bonds is 3. The van der Waals surface area contributed by atoms with E-state index in [1.54, 1.807) is 6.07 Å². The minimum atomic E-state index is -4.38. The van der Waals surface area contributed by atoms with Gasteiger partial charge in [0.1, 0.15) is 0 Å². The Morgan fingerprint density at radius 3 is 2.57 bits per heavy atom. The molecule has 1 heterocycles. The molecule has 0 aromatic heterocycles. The van der Waals surface area contributed by atoms with Crippen LogP contribution in [0.2, 0.25) is 0 Å². The highest BCUT2D eigenvalue weighted by molar-refractivity contribution is 9.10. The number of likely N-dealkylation sites (tertiary alicyclic amines) is 1. The van der Waals surface area contributed by atoms with Gasteiger partial charge in [-0.2, -0.15) is 18.4 Å². The molecule has 21 heavy (non-hydrogen) atoms. The number of benzene rings is 1. The van der Waals surface area contributed by atoms with E-state index in [1.165, 1.54) is 6.07 Å². The van der Waals surface area contributed by atoms with Gasteiger partial charge in [0.25, 0.3) is 0 Å². The maximum absolute atomic E-state index is 13.0. The van der Waals surface area contributed by atoms with Crippen LogP contribution in [0.5, 0.6) is 0 Å². The lowest BCUT2D eigenvalue weighted by molar-refractivity contribution is -0.137. The number of piperidine rings is 1. The third kappa shape index (κ3) is 4.35. The van der Waals surface area contributed by atoms with E-state index >= 15 is 0 Å². The zero-order valence-electron chi connectivity index (χ0n) is 11.3. The Bertz CT molecular complexity index is 531. The van der Waals surface area contributed by atoms with Crippen molar-refractivity contribution in [3.05, 3.63) is 28.2 Å². The molecular formula is C14H15BrF3N3. The number of nitriles is 1. The molecule has 0 unspecified atom stereocenters. The standard InChI is InChI=1S/C14H15BrF3N3/c15-10-1-2-13(12(9-10)14(16,17)18)20-11-3-6-21(7-4-11)8-5-19/h1-2,9,11,20H,3-4,6-8H2. The van der Waals surface area contributed by atoms with Crippen LogP contribution in [-0.2, 0) is 6.18 Å². The zero-order valence-corrected chi connectivity index (χ0v) is 12.8. The van der Waals surface area contributed by atoms with Crippen molar-refractivity contribution >= 4 is 21.6 Å². The molecule has 0 saturated carbocycles. The van der Waals surface area contributed by atoms with Gasteiger partial charge in [-0.3, -0.25) is 4.90 Å². The minimum absolute atomic E-state index is 0.00205. The number of nitrogens with one attached hydrogen (secondary N) is 1. The molecule has 1 aromatic carbocycles. The number of halogens is 4. The van der Waals surface area contributed by atoms with Crippen LogP contribution < -0.4 is 5.32 Å². The van der Waals surface area contributed by atoms with Gasteiger partial charge in [-0.15, -0.1) is 0 Å². The number of anilines is 1. The van der Waals surface area contributed by atoms with Crippen molar-refractivity contribution in [3.63, 3.8) is 0 Å². The van der Waals surface area contributed by atoms with Gasteiger partial charge in [-0.25, -0.2) is 0 Å². The summed E-state index contributed by atoms with van der Waals surface area (Å²) in [5.74, 6) is 0. The first kappa shape index (κ1) is 16.1. The Balaban J connectivity index is 2.06. The van der Waals surface area contributed by atoms with E-state index in [0.717, 1.165) is 32.0 Å². The average Bonchev–Trinajstić information content (AvgIpc) is 2.42. The molecule has 1 aliphatic heterocycles. The Kier molecular flexibility index (Phi) is 5.12. The summed E-state index contributed by atoms with van der Waals surface area (Å²) in [6.07, 6.45) is -2.92. The topological polar surface area (TPSA) is 39.1 Å². The molecule has 3 nitrogen and oxygen atoms in total. The fourth-order valence-electron chi connectivity index (χ4n) is 2.43. The smallest absolute Gasteiger partial charge is 0.382 e. The Morgan fingerprint density at radius 2 is 2.00 bits per heavy atom. The number of nitrogens with zero attached hydrogens (tertiary/aromatic N) is 2. The fourth-order valence-corrected chi connectivity index (χ4v) is 2.79. The second kappa shape index (κ2) is 6.67. The monoisotopic (exact) mass is 361 g/mol. The highest BCUT2D eigenvalue weighted by atomic mass is 79.9. The van der Waals surface area contributed by atoms with Gasteiger partial charge in [0, 0.05) is 29.3 Å². The summed E-state index contributed by atoms with van der Waals surface area (Å²) < 4.78 is 39.5. The molecular weight excluding hydrogens is 347 g/mol. The average molecular weight is 362 g/mol. The van der Waals surface area contributed by atoms with Gasteiger partial charge in [0.2, 0.25) is 0 Å². The van der Waals surface area contributed by atoms with Gasteiger partial charge in [0.15, 0.2) is 0 Å². The molecule has 0 bridgehead atoms. The molecule has 1 saturated heterocycles. The molecule has 1 aromatic rings. The molecule has 0 atom stereocenters. The molecule has 2 rings (SSSR count). The highest BCUT2D eigenvalue weighted by Crippen LogP contribution is 2.37. The first-order valence-corrected chi connectivity index (χ1v) is 7.42. The summed E-state index contributed by atoms with van der Waals surface area (Å²) in [5, 5.41) is 11.6. The zero-order chi connectivity index (χ0) is 15.5. The maximum atomic E-state index is 13.0.